The number of ether oxygens (including phenoxy) is 1. The van der Waals surface area contributed by atoms with Gasteiger partial charge in [0.1, 0.15) is 11.5 Å². The predicted octanol–water partition coefficient (Wildman–Crippen LogP) is 13.4. The standard InChI is InChI=1S/C51H30O/c1-2-12-34-30-46-41(28-33(34)11-1)38-17-3-5-21-43(38)51(46)44-22-6-4-18-40(44)50-37(19-10-23-45(50)51)36-16-7-15-32(27-36)35-25-26-47-42(29-35)39-20-8-13-31-14-9-24-48(52-47)49(31)39/h1-30H. The van der Waals surface area contributed by atoms with Gasteiger partial charge in [-0.3, -0.25) is 0 Å². The first-order valence-electron chi connectivity index (χ1n) is 18.1. The molecule has 0 radical (unpaired) electrons. The van der Waals surface area contributed by atoms with E-state index in [9.17, 15) is 0 Å². The molecule has 1 unspecified atom stereocenters. The van der Waals surface area contributed by atoms with Gasteiger partial charge in [-0.05, 0) is 125 Å². The summed E-state index contributed by atoms with van der Waals surface area (Å²) in [5.41, 5.74) is 17.6. The number of hydrogen-bond acceptors (Lipinski definition) is 1. The molecule has 0 N–H and O–H groups in total. The van der Waals surface area contributed by atoms with Crippen molar-refractivity contribution in [1.82, 2.24) is 0 Å². The number of hydrogen-bond donors (Lipinski definition) is 0. The summed E-state index contributed by atoms with van der Waals surface area (Å²) in [6, 6.07) is 67.3. The van der Waals surface area contributed by atoms with Crippen LogP contribution in [0.15, 0.2) is 182 Å². The zero-order valence-corrected chi connectivity index (χ0v) is 28.2. The highest BCUT2D eigenvalue weighted by atomic mass is 16.5. The second kappa shape index (κ2) is 10.2. The van der Waals surface area contributed by atoms with Crippen molar-refractivity contribution in [2.24, 2.45) is 0 Å². The Bertz CT molecular complexity index is 3000. The molecule has 0 saturated carbocycles. The van der Waals surface area contributed by atoms with E-state index in [4.69, 9.17) is 4.74 Å². The fourth-order valence-corrected chi connectivity index (χ4v) is 9.72. The van der Waals surface area contributed by atoms with Gasteiger partial charge in [-0.2, -0.15) is 0 Å². The molecule has 0 amide bonds. The summed E-state index contributed by atoms with van der Waals surface area (Å²) in [5, 5.41) is 4.93. The summed E-state index contributed by atoms with van der Waals surface area (Å²) in [5.74, 6) is 1.82. The molecule has 0 bridgehead atoms. The van der Waals surface area contributed by atoms with Crippen molar-refractivity contribution in [3.8, 4) is 67.1 Å². The minimum atomic E-state index is -0.398. The van der Waals surface area contributed by atoms with Crippen LogP contribution in [0.2, 0.25) is 0 Å². The first kappa shape index (κ1) is 28.0. The van der Waals surface area contributed by atoms with Gasteiger partial charge in [0.25, 0.3) is 0 Å². The molecule has 0 saturated heterocycles. The van der Waals surface area contributed by atoms with Gasteiger partial charge in [0.05, 0.1) is 5.41 Å². The van der Waals surface area contributed by atoms with E-state index in [0.717, 1.165) is 17.1 Å². The average molecular weight is 659 g/mol. The van der Waals surface area contributed by atoms with Crippen LogP contribution in [0.1, 0.15) is 22.3 Å². The van der Waals surface area contributed by atoms with E-state index in [1.807, 2.05) is 0 Å². The highest BCUT2D eigenvalue weighted by Crippen LogP contribution is 2.64. The zero-order chi connectivity index (χ0) is 34.0. The largest absolute Gasteiger partial charge is 0.456 e. The molecule has 9 aromatic carbocycles. The van der Waals surface area contributed by atoms with E-state index in [1.54, 1.807) is 0 Å². The smallest absolute Gasteiger partial charge is 0.135 e. The van der Waals surface area contributed by atoms with Crippen molar-refractivity contribution >= 4 is 21.5 Å². The number of fused-ring (bicyclic) bond motifs is 13. The Labute approximate surface area is 302 Å². The third-order valence-electron chi connectivity index (χ3n) is 11.8. The molecule has 9 aromatic rings. The van der Waals surface area contributed by atoms with Gasteiger partial charge in [-0.15, -0.1) is 0 Å². The molecule has 1 nitrogen and oxygen atoms in total. The highest BCUT2D eigenvalue weighted by Gasteiger charge is 2.52. The van der Waals surface area contributed by atoms with Crippen LogP contribution >= 0.6 is 0 Å². The van der Waals surface area contributed by atoms with Crippen molar-refractivity contribution < 1.29 is 4.74 Å². The molecule has 0 fully saturated rings. The van der Waals surface area contributed by atoms with Crippen molar-refractivity contribution in [3.63, 3.8) is 0 Å². The minimum Gasteiger partial charge on any atom is -0.456 e. The van der Waals surface area contributed by atoms with Crippen LogP contribution in [-0.4, -0.2) is 0 Å². The molecule has 12 rings (SSSR count). The lowest BCUT2D eigenvalue weighted by atomic mass is 9.70. The molecule has 0 aromatic heterocycles. The van der Waals surface area contributed by atoms with Crippen LogP contribution in [0.25, 0.3) is 77.2 Å². The Hall–Kier alpha value is -6.70. The molecule has 2 aliphatic carbocycles. The van der Waals surface area contributed by atoms with E-state index in [-0.39, 0.29) is 0 Å². The normalized spacial score (nSPS) is 15.5. The topological polar surface area (TPSA) is 9.23 Å². The van der Waals surface area contributed by atoms with Crippen LogP contribution < -0.4 is 4.74 Å². The number of benzene rings is 9. The SMILES string of the molecule is c1cc(-c2ccc3c(c2)-c2cccc4cccc(c24)O3)cc(-c2cccc3c2-c2ccccc2C32c3ccccc3-c3cc4ccccc4cc32)c1. The maximum absolute atomic E-state index is 6.44. The Morgan fingerprint density at radius 2 is 0.923 bits per heavy atom. The van der Waals surface area contributed by atoms with Crippen LogP contribution in [0, 0.1) is 0 Å². The van der Waals surface area contributed by atoms with Gasteiger partial charge >= 0.3 is 0 Å². The molecular formula is C51H30O. The van der Waals surface area contributed by atoms with E-state index in [1.165, 1.54) is 93.9 Å². The lowest BCUT2D eigenvalue weighted by Crippen LogP contribution is -2.25. The van der Waals surface area contributed by atoms with Gasteiger partial charge < -0.3 is 4.74 Å². The summed E-state index contributed by atoms with van der Waals surface area (Å²) < 4.78 is 6.44. The van der Waals surface area contributed by atoms with Gasteiger partial charge in [0.2, 0.25) is 0 Å². The van der Waals surface area contributed by atoms with E-state index >= 15 is 0 Å². The first-order valence-corrected chi connectivity index (χ1v) is 18.1. The molecule has 1 atom stereocenters. The lowest BCUT2D eigenvalue weighted by molar-refractivity contribution is 0.487. The van der Waals surface area contributed by atoms with Crippen molar-refractivity contribution in [1.29, 1.82) is 0 Å². The summed E-state index contributed by atoms with van der Waals surface area (Å²) in [4.78, 5) is 0. The van der Waals surface area contributed by atoms with Crippen LogP contribution in [-0.2, 0) is 5.41 Å². The first-order chi connectivity index (χ1) is 25.8. The van der Waals surface area contributed by atoms with Crippen molar-refractivity contribution in [2.75, 3.05) is 0 Å². The van der Waals surface area contributed by atoms with Crippen molar-refractivity contribution in [3.05, 3.63) is 204 Å². The Kier molecular flexibility index (Phi) is 5.49. The minimum absolute atomic E-state index is 0.398. The molecule has 240 valence electrons. The fourth-order valence-electron chi connectivity index (χ4n) is 9.72. The maximum atomic E-state index is 6.44. The third kappa shape index (κ3) is 3.57. The van der Waals surface area contributed by atoms with E-state index < -0.39 is 5.41 Å². The molecule has 3 aliphatic rings. The Balaban J connectivity index is 1.06. The van der Waals surface area contributed by atoms with Gasteiger partial charge in [-0.1, -0.05) is 146 Å². The predicted molar refractivity (Wildman–Crippen MR) is 214 cm³/mol. The number of rotatable bonds is 2. The Morgan fingerprint density at radius 1 is 0.308 bits per heavy atom. The molecule has 1 heteroatoms. The zero-order valence-electron chi connectivity index (χ0n) is 28.2. The second-order valence-electron chi connectivity index (χ2n) is 14.4. The van der Waals surface area contributed by atoms with Crippen LogP contribution in [0.3, 0.4) is 0 Å². The quantitative estimate of drug-likeness (QED) is 0.180. The maximum Gasteiger partial charge on any atom is 0.135 e. The summed E-state index contributed by atoms with van der Waals surface area (Å²) in [6.07, 6.45) is 0. The van der Waals surface area contributed by atoms with Gasteiger partial charge in [-0.25, -0.2) is 0 Å². The molecular weight excluding hydrogens is 629 g/mol. The summed E-state index contributed by atoms with van der Waals surface area (Å²) in [7, 11) is 0. The lowest BCUT2D eigenvalue weighted by Gasteiger charge is -2.30. The molecule has 1 spiro atoms. The molecule has 1 aliphatic heterocycles. The van der Waals surface area contributed by atoms with E-state index in [0.29, 0.717) is 0 Å². The summed E-state index contributed by atoms with van der Waals surface area (Å²) in [6.45, 7) is 0. The van der Waals surface area contributed by atoms with Gasteiger partial charge in [0.15, 0.2) is 0 Å². The average Bonchev–Trinajstić information content (AvgIpc) is 3.67. The second-order valence-corrected chi connectivity index (χ2v) is 14.4. The van der Waals surface area contributed by atoms with Crippen molar-refractivity contribution in [2.45, 2.75) is 5.41 Å². The Morgan fingerprint density at radius 3 is 1.81 bits per heavy atom. The molecule has 52 heavy (non-hydrogen) atoms. The fraction of sp³-hybridized carbons (Fsp3) is 0.0196. The van der Waals surface area contributed by atoms with Gasteiger partial charge in [0, 0.05) is 10.9 Å². The highest BCUT2D eigenvalue weighted by molar-refractivity contribution is 6.05. The summed E-state index contributed by atoms with van der Waals surface area (Å²) >= 11 is 0. The van der Waals surface area contributed by atoms with Crippen LogP contribution in [0.4, 0.5) is 0 Å². The third-order valence-corrected chi connectivity index (χ3v) is 11.8. The van der Waals surface area contributed by atoms with Crippen LogP contribution in [0.5, 0.6) is 11.5 Å². The molecule has 1 heterocycles. The monoisotopic (exact) mass is 658 g/mol. The van der Waals surface area contributed by atoms with E-state index in [2.05, 4.69) is 182 Å².